The van der Waals surface area contributed by atoms with Gasteiger partial charge in [0.15, 0.2) is 23.8 Å². The number of aryl methyl sites for hydroxylation is 4. The Hall–Kier alpha value is -4.88. The van der Waals surface area contributed by atoms with Gasteiger partial charge in [-0.05, 0) is 79.3 Å². The van der Waals surface area contributed by atoms with E-state index in [-0.39, 0.29) is 0 Å². The number of nitrogens with zero attached hydrogens (tertiary/aromatic N) is 4. The Morgan fingerprint density at radius 1 is 0.483 bits per heavy atom. The zero-order valence-corrected chi connectivity index (χ0v) is 36.3. The first-order valence-corrected chi connectivity index (χ1v) is 20.9. The number of aliphatic imine (C=N–C) groups is 4. The summed E-state index contributed by atoms with van der Waals surface area (Å²) in [7, 11) is 0. The molecule has 58 heavy (non-hydrogen) atoms. The van der Waals surface area contributed by atoms with Crippen LogP contribution in [0.3, 0.4) is 0 Å². The molecule has 0 bridgehead atoms. The van der Waals surface area contributed by atoms with E-state index in [0.29, 0.717) is 15.7 Å². The second-order valence-corrected chi connectivity index (χ2v) is 14.9. The number of rotatable bonds is 6. The van der Waals surface area contributed by atoms with Crippen LogP contribution in [0, 0.1) is 13.8 Å². The number of guanidine groups is 4. The highest BCUT2D eigenvalue weighted by atomic mass is 35.5. The van der Waals surface area contributed by atoms with E-state index in [9.17, 15) is 0 Å². The van der Waals surface area contributed by atoms with Gasteiger partial charge < -0.3 is 42.5 Å². The minimum Gasteiger partial charge on any atom is -0.354 e. The van der Waals surface area contributed by atoms with E-state index in [1.807, 2.05) is 50.2 Å². The highest BCUT2D eigenvalue weighted by Gasteiger charge is 2.13. The van der Waals surface area contributed by atoms with E-state index in [0.717, 1.165) is 122 Å². The molecule has 4 heterocycles. The molecule has 8 rings (SSSR count). The Morgan fingerprint density at radius 2 is 0.897 bits per heavy atom. The average Bonchev–Trinajstić information content (AvgIpc) is 4.08. The van der Waals surface area contributed by atoms with Crippen LogP contribution in [-0.2, 0) is 12.8 Å². The molecular formula is C42H52Cl4N12. The minimum atomic E-state index is 0.592. The van der Waals surface area contributed by atoms with Gasteiger partial charge in [0.1, 0.15) is 0 Å². The zero-order valence-electron chi connectivity index (χ0n) is 33.3. The van der Waals surface area contributed by atoms with Crippen LogP contribution in [0.5, 0.6) is 0 Å². The summed E-state index contributed by atoms with van der Waals surface area (Å²) in [4.78, 5) is 17.0. The van der Waals surface area contributed by atoms with Crippen LogP contribution in [-0.4, -0.2) is 76.2 Å². The summed E-state index contributed by atoms with van der Waals surface area (Å²) in [5.74, 6) is 3.24. The van der Waals surface area contributed by atoms with Gasteiger partial charge in [-0.3, -0.25) is 20.0 Å². The van der Waals surface area contributed by atoms with Gasteiger partial charge in [-0.25, -0.2) is 0 Å². The molecule has 0 saturated heterocycles. The van der Waals surface area contributed by atoms with Gasteiger partial charge in [0, 0.05) is 31.9 Å². The lowest BCUT2D eigenvalue weighted by molar-refractivity contribution is 0.958. The SMILES string of the molecule is CCc1cccc(CC)c1NC1=NCCN1.Cc1ccc(NC2=NCCN2)c(Cl)c1.Cc1cccc(Cl)c1NC1=NCCN1.Clc1cccc(Cl)c1NC1=NCCN1. The standard InChI is InChI=1S/C13H19N3.2C10H12ClN3.C9H9Cl2N3/c1-3-10-6-5-7-11(4-2)12(10)16-13-14-8-9-15-13;1-7-2-3-9(8(11)6-7)14-10-12-4-5-13-10;1-7-3-2-4-8(11)9(7)14-10-12-5-6-13-10;10-6-2-1-3-7(11)8(6)14-9-12-4-5-13-9/h5-7H,3-4,8-9H2,1-2H3,(H2,14,15,16);2-3,6H,4-5H2,1H3,(H2,12,13,14);2-4H,5-6H2,1H3,(H2,12,13,14);1-3H,4-5H2,(H2,12,13,14). The molecule has 4 aromatic rings. The molecule has 4 aromatic carbocycles. The maximum absolute atomic E-state index is 6.06. The van der Waals surface area contributed by atoms with Gasteiger partial charge in [0.05, 0.1) is 63.3 Å². The molecule has 0 atom stereocenters. The normalized spacial score (nSPS) is 14.8. The van der Waals surface area contributed by atoms with Crippen molar-refractivity contribution in [1.29, 1.82) is 0 Å². The topological polar surface area (TPSA) is 146 Å². The van der Waals surface area contributed by atoms with Crippen LogP contribution in [0.1, 0.15) is 36.1 Å². The summed E-state index contributed by atoms with van der Waals surface area (Å²) >= 11 is 24.1. The lowest BCUT2D eigenvalue weighted by Crippen LogP contribution is -2.27. The molecule has 12 nitrogen and oxygen atoms in total. The maximum Gasteiger partial charge on any atom is 0.196 e. The van der Waals surface area contributed by atoms with Crippen molar-refractivity contribution in [3.8, 4) is 0 Å². The monoisotopic (exact) mass is 864 g/mol. The Kier molecular flexibility index (Phi) is 17.5. The van der Waals surface area contributed by atoms with Crippen LogP contribution in [0.4, 0.5) is 22.7 Å². The van der Waals surface area contributed by atoms with Gasteiger partial charge >= 0.3 is 0 Å². The van der Waals surface area contributed by atoms with Crippen molar-refractivity contribution < 1.29 is 0 Å². The van der Waals surface area contributed by atoms with Gasteiger partial charge in [0.25, 0.3) is 0 Å². The summed E-state index contributed by atoms with van der Waals surface area (Å²) in [5, 5.41) is 28.0. The fourth-order valence-electron chi connectivity index (χ4n) is 5.94. The zero-order chi connectivity index (χ0) is 41.3. The summed E-state index contributed by atoms with van der Waals surface area (Å²) in [6.07, 6.45) is 2.09. The van der Waals surface area contributed by atoms with E-state index in [1.54, 1.807) is 18.2 Å². The van der Waals surface area contributed by atoms with Crippen LogP contribution in [0.2, 0.25) is 20.1 Å². The van der Waals surface area contributed by atoms with E-state index in [4.69, 9.17) is 46.4 Å². The van der Waals surface area contributed by atoms with Crippen molar-refractivity contribution in [3.05, 3.63) is 115 Å². The van der Waals surface area contributed by atoms with Crippen molar-refractivity contribution in [1.82, 2.24) is 21.3 Å². The first-order chi connectivity index (χ1) is 28.1. The Balaban J connectivity index is 0.000000148. The molecule has 0 radical (unpaired) electrons. The second kappa shape index (κ2) is 22.9. The Morgan fingerprint density at radius 3 is 1.33 bits per heavy atom. The first-order valence-electron chi connectivity index (χ1n) is 19.4. The highest BCUT2D eigenvalue weighted by Crippen LogP contribution is 2.30. The molecule has 0 saturated carbocycles. The van der Waals surface area contributed by atoms with Crippen molar-refractivity contribution in [2.24, 2.45) is 20.0 Å². The van der Waals surface area contributed by atoms with Gasteiger partial charge in [-0.15, -0.1) is 0 Å². The van der Waals surface area contributed by atoms with Gasteiger partial charge in [-0.1, -0.05) is 103 Å². The number of halogens is 4. The quantitative estimate of drug-likeness (QED) is 0.0963. The van der Waals surface area contributed by atoms with E-state index in [2.05, 4.69) is 94.6 Å². The molecule has 4 aliphatic heterocycles. The number of benzene rings is 4. The molecule has 0 aliphatic carbocycles. The van der Waals surface area contributed by atoms with Crippen LogP contribution < -0.4 is 42.5 Å². The highest BCUT2D eigenvalue weighted by molar-refractivity contribution is 6.39. The molecule has 0 aromatic heterocycles. The van der Waals surface area contributed by atoms with Crippen molar-refractivity contribution in [3.63, 3.8) is 0 Å². The van der Waals surface area contributed by atoms with Gasteiger partial charge in [-0.2, -0.15) is 0 Å². The third-order valence-corrected chi connectivity index (χ3v) is 10.2. The maximum atomic E-state index is 6.06. The third-order valence-electron chi connectivity index (χ3n) is 8.99. The molecule has 4 aliphatic rings. The third kappa shape index (κ3) is 13.3. The molecule has 0 fully saturated rings. The van der Waals surface area contributed by atoms with E-state index < -0.39 is 0 Å². The lowest BCUT2D eigenvalue weighted by atomic mass is 10.0. The number of hydrogen-bond donors (Lipinski definition) is 8. The molecule has 0 spiro atoms. The number of nitrogens with one attached hydrogen (secondary N) is 8. The van der Waals surface area contributed by atoms with E-state index in [1.165, 1.54) is 16.8 Å². The predicted molar refractivity (Wildman–Crippen MR) is 250 cm³/mol. The number of anilines is 4. The molecular weight excluding hydrogens is 814 g/mol. The molecule has 8 N–H and O–H groups in total. The van der Waals surface area contributed by atoms with E-state index >= 15 is 0 Å². The fourth-order valence-corrected chi connectivity index (χ4v) is 6.98. The molecule has 308 valence electrons. The fraction of sp³-hybridized carbons (Fsp3) is 0.333. The van der Waals surface area contributed by atoms with Crippen molar-refractivity contribution >= 4 is 93.0 Å². The summed E-state index contributed by atoms with van der Waals surface area (Å²) in [6, 6.07) is 23.6. The van der Waals surface area contributed by atoms with Crippen LogP contribution >= 0.6 is 46.4 Å². The molecule has 0 amide bonds. The van der Waals surface area contributed by atoms with Crippen molar-refractivity contribution in [2.75, 3.05) is 73.6 Å². The summed E-state index contributed by atoms with van der Waals surface area (Å²) in [5.41, 5.74) is 8.75. The number of hydrogen-bond acceptors (Lipinski definition) is 12. The second-order valence-electron chi connectivity index (χ2n) is 13.3. The molecule has 0 unspecified atom stereocenters. The Bertz CT molecular complexity index is 1980. The van der Waals surface area contributed by atoms with Crippen LogP contribution in [0.15, 0.2) is 92.8 Å². The summed E-state index contributed by atoms with van der Waals surface area (Å²) < 4.78 is 0. The predicted octanol–water partition coefficient (Wildman–Crippen LogP) is 8.59. The minimum absolute atomic E-state index is 0.592. The van der Waals surface area contributed by atoms with Gasteiger partial charge in [0.2, 0.25) is 0 Å². The first kappa shape index (κ1) is 44.2. The smallest absolute Gasteiger partial charge is 0.196 e. The molecule has 16 heteroatoms. The Labute approximate surface area is 361 Å². The van der Waals surface area contributed by atoms with Crippen molar-refractivity contribution in [2.45, 2.75) is 40.5 Å². The average molecular weight is 867 g/mol. The summed E-state index contributed by atoms with van der Waals surface area (Å²) in [6.45, 7) is 15.3. The number of para-hydroxylation sites is 3. The lowest BCUT2D eigenvalue weighted by Gasteiger charge is -2.15. The largest absolute Gasteiger partial charge is 0.354 e. The van der Waals surface area contributed by atoms with Crippen LogP contribution in [0.25, 0.3) is 0 Å².